The molecule has 0 N–H and O–H groups in total. The van der Waals surface area contributed by atoms with Crippen LogP contribution in [0.4, 0.5) is 0 Å². The van der Waals surface area contributed by atoms with E-state index in [-0.39, 0.29) is 5.56 Å². The second-order valence-electron chi connectivity index (χ2n) is 8.89. The van der Waals surface area contributed by atoms with Gasteiger partial charge >= 0.3 is 0 Å². The topological polar surface area (TPSA) is 40.5 Å². The molecule has 3 aromatic rings. The Morgan fingerprint density at radius 2 is 1.87 bits per heavy atom. The van der Waals surface area contributed by atoms with Gasteiger partial charge in [-0.05, 0) is 73.4 Å². The standard InChI is InChI=1S/C26H31NO3/c1-17(2)5-6-18-9-12-25(30-16-19-7-8-19)23(13-18)24-15-27(3)26(28)21-11-10-20(29-4)14-22(21)24/h9-15,17,19H,5-8,16H2,1-4H3. The van der Waals surface area contributed by atoms with Crippen LogP contribution < -0.4 is 15.0 Å². The molecule has 0 atom stereocenters. The highest BCUT2D eigenvalue weighted by Gasteiger charge is 2.23. The molecular formula is C26H31NO3. The first-order chi connectivity index (χ1) is 14.5. The summed E-state index contributed by atoms with van der Waals surface area (Å²) >= 11 is 0. The molecule has 0 amide bonds. The highest BCUT2D eigenvalue weighted by Crippen LogP contribution is 2.38. The number of benzene rings is 2. The third-order valence-electron chi connectivity index (χ3n) is 5.91. The molecule has 0 bridgehead atoms. The van der Waals surface area contributed by atoms with Crippen molar-refractivity contribution in [2.24, 2.45) is 18.9 Å². The zero-order valence-electron chi connectivity index (χ0n) is 18.4. The van der Waals surface area contributed by atoms with Gasteiger partial charge in [0.1, 0.15) is 11.5 Å². The Hall–Kier alpha value is -2.75. The maximum absolute atomic E-state index is 12.8. The first-order valence-electron chi connectivity index (χ1n) is 10.9. The van der Waals surface area contributed by atoms with Crippen molar-refractivity contribution in [3.63, 3.8) is 0 Å². The molecule has 30 heavy (non-hydrogen) atoms. The van der Waals surface area contributed by atoms with Gasteiger partial charge in [-0.1, -0.05) is 19.9 Å². The van der Waals surface area contributed by atoms with Gasteiger partial charge in [0.05, 0.1) is 13.7 Å². The third kappa shape index (κ3) is 4.38. The molecule has 1 fully saturated rings. The van der Waals surface area contributed by atoms with E-state index in [1.165, 1.54) is 18.4 Å². The number of methoxy groups -OCH3 is 1. The zero-order chi connectivity index (χ0) is 21.3. The summed E-state index contributed by atoms with van der Waals surface area (Å²) in [6.45, 7) is 5.26. The largest absolute Gasteiger partial charge is 0.497 e. The Balaban J connectivity index is 1.87. The molecule has 2 aromatic carbocycles. The summed E-state index contributed by atoms with van der Waals surface area (Å²) in [5.41, 5.74) is 3.34. The van der Waals surface area contributed by atoms with Gasteiger partial charge in [0.2, 0.25) is 0 Å². The maximum Gasteiger partial charge on any atom is 0.258 e. The average Bonchev–Trinajstić information content (AvgIpc) is 3.57. The van der Waals surface area contributed by atoms with E-state index in [1.807, 2.05) is 31.4 Å². The Kier molecular flexibility index (Phi) is 5.85. The summed E-state index contributed by atoms with van der Waals surface area (Å²) in [7, 11) is 3.46. The second-order valence-corrected chi connectivity index (χ2v) is 8.89. The van der Waals surface area contributed by atoms with E-state index in [1.54, 1.807) is 11.7 Å². The van der Waals surface area contributed by atoms with Crippen molar-refractivity contribution in [1.82, 2.24) is 4.57 Å². The highest BCUT2D eigenvalue weighted by atomic mass is 16.5. The summed E-state index contributed by atoms with van der Waals surface area (Å²) < 4.78 is 13.4. The lowest BCUT2D eigenvalue weighted by atomic mass is 9.95. The van der Waals surface area contributed by atoms with Crippen molar-refractivity contribution in [3.05, 3.63) is 58.5 Å². The molecule has 1 heterocycles. The van der Waals surface area contributed by atoms with E-state index in [9.17, 15) is 4.79 Å². The summed E-state index contributed by atoms with van der Waals surface area (Å²) in [6.07, 6.45) is 6.60. The number of hydrogen-bond donors (Lipinski definition) is 0. The molecule has 0 unspecified atom stereocenters. The smallest absolute Gasteiger partial charge is 0.258 e. The van der Waals surface area contributed by atoms with Gasteiger partial charge < -0.3 is 14.0 Å². The molecule has 1 aliphatic rings. The molecule has 0 aliphatic heterocycles. The molecule has 4 heteroatoms. The quantitative estimate of drug-likeness (QED) is 0.490. The number of aromatic nitrogens is 1. The van der Waals surface area contributed by atoms with Crippen molar-refractivity contribution in [1.29, 1.82) is 0 Å². The number of rotatable bonds is 8. The molecule has 1 aliphatic carbocycles. The van der Waals surface area contributed by atoms with Crippen LogP contribution in [0.25, 0.3) is 21.9 Å². The van der Waals surface area contributed by atoms with Crippen molar-refractivity contribution < 1.29 is 9.47 Å². The van der Waals surface area contributed by atoms with Crippen LogP contribution in [0.2, 0.25) is 0 Å². The van der Waals surface area contributed by atoms with Crippen LogP contribution in [0.1, 0.15) is 38.7 Å². The molecular weight excluding hydrogens is 374 g/mol. The van der Waals surface area contributed by atoms with Crippen LogP contribution in [-0.2, 0) is 13.5 Å². The van der Waals surface area contributed by atoms with Crippen LogP contribution in [0.5, 0.6) is 11.5 Å². The van der Waals surface area contributed by atoms with Crippen LogP contribution in [-0.4, -0.2) is 18.3 Å². The monoisotopic (exact) mass is 405 g/mol. The molecule has 158 valence electrons. The first-order valence-corrected chi connectivity index (χ1v) is 10.9. The van der Waals surface area contributed by atoms with Crippen LogP contribution in [0.15, 0.2) is 47.4 Å². The predicted octanol–water partition coefficient (Wildman–Crippen LogP) is 5.59. The van der Waals surface area contributed by atoms with E-state index in [2.05, 4.69) is 32.0 Å². The van der Waals surface area contributed by atoms with Gasteiger partial charge in [-0.15, -0.1) is 0 Å². The Morgan fingerprint density at radius 3 is 2.57 bits per heavy atom. The second kappa shape index (κ2) is 8.55. The lowest BCUT2D eigenvalue weighted by Gasteiger charge is -2.17. The summed E-state index contributed by atoms with van der Waals surface area (Å²) in [5.74, 6) is 2.96. The van der Waals surface area contributed by atoms with E-state index >= 15 is 0 Å². The fourth-order valence-corrected chi connectivity index (χ4v) is 3.80. The number of pyridine rings is 1. The SMILES string of the molecule is COc1ccc2c(=O)n(C)cc(-c3cc(CCC(C)C)ccc3OCC3CC3)c2c1. The minimum Gasteiger partial charge on any atom is -0.497 e. The van der Waals surface area contributed by atoms with E-state index in [0.717, 1.165) is 47.5 Å². The number of aryl methyl sites for hydroxylation is 2. The lowest BCUT2D eigenvalue weighted by Crippen LogP contribution is -2.16. The molecule has 0 radical (unpaired) electrons. The molecule has 1 aromatic heterocycles. The van der Waals surface area contributed by atoms with Crippen molar-refractivity contribution >= 4 is 10.8 Å². The van der Waals surface area contributed by atoms with Crippen LogP contribution >= 0.6 is 0 Å². The van der Waals surface area contributed by atoms with Crippen LogP contribution in [0.3, 0.4) is 0 Å². The molecule has 1 saturated carbocycles. The predicted molar refractivity (Wildman–Crippen MR) is 123 cm³/mol. The third-order valence-corrected chi connectivity index (χ3v) is 5.91. The Bertz CT molecular complexity index is 1110. The van der Waals surface area contributed by atoms with Gasteiger partial charge in [-0.25, -0.2) is 0 Å². The van der Waals surface area contributed by atoms with Gasteiger partial charge in [-0.3, -0.25) is 4.79 Å². The molecule has 0 saturated heterocycles. The molecule has 0 spiro atoms. The highest BCUT2D eigenvalue weighted by molar-refractivity contribution is 5.98. The summed E-state index contributed by atoms with van der Waals surface area (Å²) in [5, 5.41) is 1.59. The van der Waals surface area contributed by atoms with Crippen molar-refractivity contribution in [3.8, 4) is 22.6 Å². The van der Waals surface area contributed by atoms with E-state index in [4.69, 9.17) is 9.47 Å². The van der Waals surface area contributed by atoms with Gasteiger partial charge in [0.15, 0.2) is 0 Å². The summed E-state index contributed by atoms with van der Waals surface area (Å²) in [6, 6.07) is 12.2. The van der Waals surface area contributed by atoms with Gasteiger partial charge in [0, 0.05) is 35.1 Å². The minimum atomic E-state index is -0.00665. The van der Waals surface area contributed by atoms with Gasteiger partial charge in [0.25, 0.3) is 5.56 Å². The fraction of sp³-hybridized carbons (Fsp3) is 0.423. The number of ether oxygens (including phenoxy) is 2. The first kappa shape index (κ1) is 20.5. The normalized spacial score (nSPS) is 13.8. The lowest BCUT2D eigenvalue weighted by molar-refractivity contribution is 0.301. The van der Waals surface area contributed by atoms with E-state index < -0.39 is 0 Å². The van der Waals surface area contributed by atoms with Crippen LogP contribution in [0, 0.1) is 11.8 Å². The number of fused-ring (bicyclic) bond motifs is 1. The average molecular weight is 406 g/mol. The Labute approximate surface area is 178 Å². The van der Waals surface area contributed by atoms with E-state index in [0.29, 0.717) is 17.2 Å². The van der Waals surface area contributed by atoms with Crippen molar-refractivity contribution in [2.75, 3.05) is 13.7 Å². The molecule has 4 nitrogen and oxygen atoms in total. The maximum atomic E-state index is 12.8. The van der Waals surface area contributed by atoms with Crippen molar-refractivity contribution in [2.45, 2.75) is 39.5 Å². The molecule has 4 rings (SSSR count). The number of nitrogens with zero attached hydrogens (tertiary/aromatic N) is 1. The minimum absolute atomic E-state index is 0.00665. The summed E-state index contributed by atoms with van der Waals surface area (Å²) in [4.78, 5) is 12.8. The fourth-order valence-electron chi connectivity index (χ4n) is 3.80. The van der Waals surface area contributed by atoms with Gasteiger partial charge in [-0.2, -0.15) is 0 Å². The zero-order valence-corrected chi connectivity index (χ0v) is 18.4. The number of hydrogen-bond acceptors (Lipinski definition) is 3. The Morgan fingerprint density at radius 1 is 1.07 bits per heavy atom.